The van der Waals surface area contributed by atoms with Gasteiger partial charge in [0.2, 0.25) is 5.91 Å². The third-order valence-corrected chi connectivity index (χ3v) is 3.97. The minimum absolute atomic E-state index is 0.0354. The van der Waals surface area contributed by atoms with Crippen LogP contribution in [0.3, 0.4) is 0 Å². The number of thiazole rings is 1. The fraction of sp³-hybridized carbons (Fsp3) is 0.615. The first-order valence-electron chi connectivity index (χ1n) is 6.80. The van der Waals surface area contributed by atoms with Gasteiger partial charge in [-0.2, -0.15) is 0 Å². The lowest BCUT2D eigenvalue weighted by molar-refractivity contribution is -0.125. The van der Waals surface area contributed by atoms with Crippen LogP contribution in [-0.4, -0.2) is 36.6 Å². The average Bonchev–Trinajstić information content (AvgIpc) is 2.95. The van der Waals surface area contributed by atoms with Crippen molar-refractivity contribution in [2.24, 2.45) is 5.92 Å². The maximum atomic E-state index is 11.9. The molecule has 0 aliphatic carbocycles. The maximum absolute atomic E-state index is 11.9. The van der Waals surface area contributed by atoms with Crippen LogP contribution < -0.4 is 10.6 Å². The highest BCUT2D eigenvalue weighted by molar-refractivity contribution is 7.09. The second kappa shape index (κ2) is 7.35. The number of rotatable bonds is 5. The highest BCUT2D eigenvalue weighted by Gasteiger charge is 2.21. The molecular formula is C13H19N3O3S. The molecule has 0 aromatic carbocycles. The minimum atomic E-state index is -0.419. The molecule has 1 aromatic heterocycles. The molecule has 1 aliphatic rings. The van der Waals surface area contributed by atoms with Gasteiger partial charge in [0.25, 0.3) is 0 Å². The van der Waals surface area contributed by atoms with Gasteiger partial charge in [-0.15, -0.1) is 11.3 Å². The lowest BCUT2D eigenvalue weighted by Crippen LogP contribution is -2.40. The Morgan fingerprint density at radius 2 is 2.45 bits per heavy atom. The predicted octanol–water partition coefficient (Wildman–Crippen LogP) is 0.936. The molecule has 2 heterocycles. The smallest absolute Gasteiger partial charge is 0.357 e. The first-order chi connectivity index (χ1) is 9.70. The Morgan fingerprint density at radius 1 is 1.60 bits per heavy atom. The molecule has 2 rings (SSSR count). The van der Waals surface area contributed by atoms with Crippen molar-refractivity contribution in [3.63, 3.8) is 0 Å². The number of piperidine rings is 1. The monoisotopic (exact) mass is 297 g/mol. The molecule has 20 heavy (non-hydrogen) atoms. The molecular weight excluding hydrogens is 278 g/mol. The number of carbonyl (C=O) groups excluding carboxylic acids is 2. The fourth-order valence-corrected chi connectivity index (χ4v) is 2.78. The van der Waals surface area contributed by atoms with Crippen molar-refractivity contribution in [3.8, 4) is 0 Å². The highest BCUT2D eigenvalue weighted by atomic mass is 32.1. The van der Waals surface area contributed by atoms with Crippen molar-refractivity contribution in [2.45, 2.75) is 26.3 Å². The van der Waals surface area contributed by atoms with Crippen LogP contribution in [-0.2, 0) is 16.1 Å². The zero-order chi connectivity index (χ0) is 14.4. The second-order valence-electron chi connectivity index (χ2n) is 4.61. The average molecular weight is 297 g/mol. The van der Waals surface area contributed by atoms with Crippen molar-refractivity contribution in [2.75, 3.05) is 19.7 Å². The Morgan fingerprint density at radius 3 is 3.15 bits per heavy atom. The number of esters is 1. The summed E-state index contributed by atoms with van der Waals surface area (Å²) >= 11 is 1.35. The molecule has 0 saturated carbocycles. The second-order valence-corrected chi connectivity index (χ2v) is 5.55. The van der Waals surface area contributed by atoms with E-state index in [1.54, 1.807) is 12.3 Å². The van der Waals surface area contributed by atoms with Gasteiger partial charge in [0.1, 0.15) is 5.01 Å². The van der Waals surface area contributed by atoms with Gasteiger partial charge >= 0.3 is 5.97 Å². The molecule has 2 N–H and O–H groups in total. The van der Waals surface area contributed by atoms with Gasteiger partial charge < -0.3 is 15.4 Å². The van der Waals surface area contributed by atoms with Gasteiger partial charge in [-0.05, 0) is 26.3 Å². The molecule has 1 amide bonds. The lowest BCUT2D eigenvalue weighted by Gasteiger charge is -2.21. The molecule has 0 spiro atoms. The number of amides is 1. The zero-order valence-electron chi connectivity index (χ0n) is 11.5. The van der Waals surface area contributed by atoms with Crippen LogP contribution in [0.4, 0.5) is 0 Å². The van der Waals surface area contributed by atoms with Gasteiger partial charge in [0.05, 0.1) is 19.1 Å². The molecule has 1 atom stereocenters. The van der Waals surface area contributed by atoms with E-state index in [2.05, 4.69) is 15.6 Å². The number of nitrogens with zero attached hydrogens (tertiary/aromatic N) is 1. The summed E-state index contributed by atoms with van der Waals surface area (Å²) in [6.45, 7) is 4.16. The summed E-state index contributed by atoms with van der Waals surface area (Å²) in [5, 5.41) is 8.45. The molecule has 0 radical (unpaired) electrons. The van der Waals surface area contributed by atoms with Crippen LogP contribution in [0, 0.1) is 5.92 Å². The van der Waals surface area contributed by atoms with E-state index in [1.807, 2.05) is 0 Å². The summed E-state index contributed by atoms with van der Waals surface area (Å²) in [7, 11) is 0. The molecule has 7 heteroatoms. The van der Waals surface area contributed by atoms with Crippen molar-refractivity contribution < 1.29 is 14.3 Å². The molecule has 110 valence electrons. The summed E-state index contributed by atoms with van der Waals surface area (Å²) in [5.74, 6) is -0.337. The Bertz CT molecular complexity index is 469. The summed E-state index contributed by atoms with van der Waals surface area (Å²) in [4.78, 5) is 27.6. The topological polar surface area (TPSA) is 80.3 Å². The van der Waals surface area contributed by atoms with Gasteiger partial charge in [-0.3, -0.25) is 4.79 Å². The standard InChI is InChI=1S/C13H19N3O3S/c1-2-19-13(18)10-8-20-11(16-10)7-15-12(17)9-4-3-5-14-6-9/h8-9,14H,2-7H2,1H3,(H,15,17). The van der Waals surface area contributed by atoms with Crippen LogP contribution in [0.25, 0.3) is 0 Å². The summed E-state index contributed by atoms with van der Waals surface area (Å²) in [6, 6.07) is 0. The van der Waals surface area contributed by atoms with Gasteiger partial charge in [-0.25, -0.2) is 9.78 Å². The molecule has 1 aromatic rings. The largest absolute Gasteiger partial charge is 0.461 e. The van der Waals surface area contributed by atoms with Gasteiger partial charge in [0, 0.05) is 11.9 Å². The summed E-state index contributed by atoms with van der Waals surface area (Å²) in [6.07, 6.45) is 1.95. The van der Waals surface area contributed by atoms with E-state index < -0.39 is 5.97 Å². The van der Waals surface area contributed by atoms with Crippen molar-refractivity contribution in [1.82, 2.24) is 15.6 Å². The van der Waals surface area contributed by atoms with E-state index >= 15 is 0 Å². The van der Waals surface area contributed by atoms with Crippen LogP contribution in [0.15, 0.2) is 5.38 Å². The van der Waals surface area contributed by atoms with Crippen molar-refractivity contribution in [1.29, 1.82) is 0 Å². The van der Waals surface area contributed by atoms with Crippen LogP contribution in [0.1, 0.15) is 35.3 Å². The number of ether oxygens (including phenoxy) is 1. The Balaban J connectivity index is 1.81. The number of aromatic nitrogens is 1. The van der Waals surface area contributed by atoms with Crippen LogP contribution >= 0.6 is 11.3 Å². The normalized spacial score (nSPS) is 18.6. The highest BCUT2D eigenvalue weighted by Crippen LogP contribution is 2.13. The molecule has 1 saturated heterocycles. The van der Waals surface area contributed by atoms with Gasteiger partial charge in [-0.1, -0.05) is 0 Å². The van der Waals surface area contributed by atoms with E-state index in [4.69, 9.17) is 4.74 Å². The van der Waals surface area contributed by atoms with Crippen molar-refractivity contribution >= 4 is 23.2 Å². The van der Waals surface area contributed by atoms with E-state index in [0.29, 0.717) is 23.9 Å². The molecule has 1 aliphatic heterocycles. The van der Waals surface area contributed by atoms with Crippen LogP contribution in [0.5, 0.6) is 0 Å². The van der Waals surface area contributed by atoms with E-state index in [-0.39, 0.29) is 11.8 Å². The lowest BCUT2D eigenvalue weighted by atomic mass is 9.99. The third-order valence-electron chi connectivity index (χ3n) is 3.12. The van der Waals surface area contributed by atoms with Crippen molar-refractivity contribution in [3.05, 3.63) is 16.1 Å². The quantitative estimate of drug-likeness (QED) is 0.791. The predicted molar refractivity (Wildman–Crippen MR) is 75.5 cm³/mol. The molecule has 1 unspecified atom stereocenters. The van der Waals surface area contributed by atoms with E-state index in [1.165, 1.54) is 11.3 Å². The molecule has 1 fully saturated rings. The maximum Gasteiger partial charge on any atom is 0.357 e. The third kappa shape index (κ3) is 4.01. The Kier molecular flexibility index (Phi) is 5.49. The summed E-state index contributed by atoms with van der Waals surface area (Å²) in [5.41, 5.74) is 0.306. The summed E-state index contributed by atoms with van der Waals surface area (Å²) < 4.78 is 4.87. The Hall–Kier alpha value is -1.47. The fourth-order valence-electron chi connectivity index (χ4n) is 2.07. The molecule has 0 bridgehead atoms. The number of hydrogen-bond donors (Lipinski definition) is 2. The van der Waals surface area contributed by atoms with Gasteiger partial charge in [0.15, 0.2) is 5.69 Å². The number of nitrogens with one attached hydrogen (secondary N) is 2. The first kappa shape index (κ1) is 14.9. The molecule has 6 nitrogen and oxygen atoms in total. The number of carbonyl (C=O) groups is 2. The minimum Gasteiger partial charge on any atom is -0.461 e. The first-order valence-corrected chi connectivity index (χ1v) is 7.68. The van der Waals surface area contributed by atoms with E-state index in [0.717, 1.165) is 25.9 Å². The number of hydrogen-bond acceptors (Lipinski definition) is 6. The van der Waals surface area contributed by atoms with Crippen LogP contribution in [0.2, 0.25) is 0 Å². The van der Waals surface area contributed by atoms with E-state index in [9.17, 15) is 9.59 Å². The SMILES string of the molecule is CCOC(=O)c1csc(CNC(=O)C2CCCNC2)n1. The Labute approximate surface area is 121 Å². The zero-order valence-corrected chi connectivity index (χ0v) is 12.3.